The van der Waals surface area contributed by atoms with Gasteiger partial charge in [0.15, 0.2) is 6.61 Å². The maximum absolute atomic E-state index is 12.1. The van der Waals surface area contributed by atoms with E-state index in [-0.39, 0.29) is 37.9 Å². The van der Waals surface area contributed by atoms with Crippen molar-refractivity contribution in [3.8, 4) is 0 Å². The van der Waals surface area contributed by atoms with Crippen LogP contribution in [-0.4, -0.2) is 66.6 Å². The molecule has 0 bridgehead atoms. The normalized spacial score (nSPS) is 13.5. The molecule has 9 heteroatoms. The van der Waals surface area contributed by atoms with E-state index < -0.39 is 12.0 Å². The average molecular weight is 393 g/mol. The van der Waals surface area contributed by atoms with E-state index in [1.807, 2.05) is 30.5 Å². The van der Waals surface area contributed by atoms with Gasteiger partial charge in [0.1, 0.15) is 0 Å². The molecule has 27 heavy (non-hydrogen) atoms. The van der Waals surface area contributed by atoms with Crippen molar-refractivity contribution < 1.29 is 23.9 Å². The number of thioether (sulfide) groups is 1. The molecule has 2 rings (SSSR count). The third-order valence-electron chi connectivity index (χ3n) is 4.06. The number of nitrogens with one attached hydrogen (secondary N) is 1. The Bertz CT molecular complexity index is 691. The Balaban J connectivity index is 1.66. The first kappa shape index (κ1) is 20.8. The van der Waals surface area contributed by atoms with Crippen molar-refractivity contribution in [3.63, 3.8) is 0 Å². The van der Waals surface area contributed by atoms with E-state index in [2.05, 4.69) is 5.32 Å². The summed E-state index contributed by atoms with van der Waals surface area (Å²) in [6.45, 7) is 0.238. The SMILES string of the molecule is CSc1ccc(CN(C)C(=O)COC(=O)CCCN2C(=O)CNC2=O)cc1. The predicted molar refractivity (Wildman–Crippen MR) is 100 cm³/mol. The van der Waals surface area contributed by atoms with Gasteiger partial charge in [0.2, 0.25) is 5.91 Å². The summed E-state index contributed by atoms with van der Waals surface area (Å²) in [7, 11) is 1.65. The van der Waals surface area contributed by atoms with Crippen molar-refractivity contribution in [2.45, 2.75) is 24.3 Å². The van der Waals surface area contributed by atoms with Crippen molar-refractivity contribution in [2.24, 2.45) is 0 Å². The lowest BCUT2D eigenvalue weighted by atomic mass is 10.2. The number of imide groups is 1. The summed E-state index contributed by atoms with van der Waals surface area (Å²) in [6.07, 6.45) is 2.32. The van der Waals surface area contributed by atoms with Crippen molar-refractivity contribution in [1.82, 2.24) is 15.1 Å². The second kappa shape index (κ2) is 9.96. The molecule has 1 N–H and O–H groups in total. The van der Waals surface area contributed by atoms with Crippen molar-refractivity contribution in [2.75, 3.05) is 33.0 Å². The molecule has 1 aliphatic heterocycles. The molecular formula is C18H23N3O5S. The Morgan fingerprint density at radius 2 is 1.96 bits per heavy atom. The zero-order valence-corrected chi connectivity index (χ0v) is 16.2. The third-order valence-corrected chi connectivity index (χ3v) is 4.80. The van der Waals surface area contributed by atoms with E-state index in [1.54, 1.807) is 18.8 Å². The number of carbonyl (C=O) groups is 4. The lowest BCUT2D eigenvalue weighted by Crippen LogP contribution is -2.32. The standard InChI is InChI=1S/C18H23N3O5S/c1-20(11-13-5-7-14(27-2)8-6-13)16(23)12-26-17(24)4-3-9-21-15(22)10-19-18(21)25/h5-8H,3-4,9-12H2,1-2H3,(H,19,25). The van der Waals surface area contributed by atoms with Crippen LogP contribution in [0.25, 0.3) is 0 Å². The van der Waals surface area contributed by atoms with Gasteiger partial charge in [-0.05, 0) is 30.4 Å². The predicted octanol–water partition coefficient (Wildman–Crippen LogP) is 1.24. The molecule has 4 amide bonds. The molecule has 8 nitrogen and oxygen atoms in total. The quantitative estimate of drug-likeness (QED) is 0.385. The van der Waals surface area contributed by atoms with Crippen LogP contribution in [0.2, 0.25) is 0 Å². The van der Waals surface area contributed by atoms with Gasteiger partial charge in [-0.2, -0.15) is 0 Å². The molecule has 0 atom stereocenters. The smallest absolute Gasteiger partial charge is 0.324 e. The maximum atomic E-state index is 12.1. The minimum Gasteiger partial charge on any atom is -0.456 e. The molecule has 1 aromatic rings. The van der Waals surface area contributed by atoms with Gasteiger partial charge in [0, 0.05) is 31.5 Å². The maximum Gasteiger partial charge on any atom is 0.324 e. The van der Waals surface area contributed by atoms with Crippen LogP contribution in [0.15, 0.2) is 29.2 Å². The van der Waals surface area contributed by atoms with E-state index in [0.717, 1.165) is 15.4 Å². The van der Waals surface area contributed by atoms with Crippen LogP contribution in [0.4, 0.5) is 4.79 Å². The zero-order chi connectivity index (χ0) is 19.8. The number of hydrogen-bond donors (Lipinski definition) is 1. The van der Waals surface area contributed by atoms with E-state index in [9.17, 15) is 19.2 Å². The van der Waals surface area contributed by atoms with E-state index in [4.69, 9.17) is 4.74 Å². The summed E-state index contributed by atoms with van der Waals surface area (Å²) < 4.78 is 4.98. The summed E-state index contributed by atoms with van der Waals surface area (Å²) in [5.41, 5.74) is 0.989. The molecule has 0 radical (unpaired) electrons. The summed E-state index contributed by atoms with van der Waals surface area (Å²) in [5.74, 6) is -1.14. The fourth-order valence-corrected chi connectivity index (χ4v) is 2.89. The molecule has 1 heterocycles. The van der Waals surface area contributed by atoms with Gasteiger partial charge in [0.05, 0.1) is 6.54 Å². The van der Waals surface area contributed by atoms with Gasteiger partial charge in [-0.25, -0.2) is 4.79 Å². The summed E-state index contributed by atoms with van der Waals surface area (Å²) in [4.78, 5) is 50.3. The van der Waals surface area contributed by atoms with Crippen LogP contribution in [-0.2, 0) is 25.7 Å². The van der Waals surface area contributed by atoms with Gasteiger partial charge in [-0.3, -0.25) is 19.3 Å². The second-order valence-corrected chi connectivity index (χ2v) is 6.95. The molecule has 0 aliphatic carbocycles. The minimum atomic E-state index is -0.534. The molecule has 1 aliphatic rings. The lowest BCUT2D eigenvalue weighted by molar-refractivity contribution is -0.151. The summed E-state index contributed by atoms with van der Waals surface area (Å²) >= 11 is 1.65. The van der Waals surface area contributed by atoms with Crippen LogP contribution in [0.3, 0.4) is 0 Å². The van der Waals surface area contributed by atoms with Gasteiger partial charge >= 0.3 is 12.0 Å². The first-order valence-corrected chi connectivity index (χ1v) is 9.74. The fourth-order valence-electron chi connectivity index (χ4n) is 2.48. The molecule has 1 saturated heterocycles. The number of ether oxygens (including phenoxy) is 1. The molecule has 0 spiro atoms. The first-order valence-electron chi connectivity index (χ1n) is 8.51. The number of urea groups is 1. The highest BCUT2D eigenvalue weighted by atomic mass is 32.2. The van der Waals surface area contributed by atoms with Crippen molar-refractivity contribution in [3.05, 3.63) is 29.8 Å². The molecule has 146 valence electrons. The molecule has 0 aromatic heterocycles. The van der Waals surface area contributed by atoms with Crippen molar-refractivity contribution >= 4 is 35.6 Å². The highest BCUT2D eigenvalue weighted by Crippen LogP contribution is 2.15. The number of esters is 1. The number of amides is 4. The largest absolute Gasteiger partial charge is 0.456 e. The molecule has 0 saturated carbocycles. The van der Waals surface area contributed by atoms with Gasteiger partial charge < -0.3 is 15.0 Å². The Hall–Kier alpha value is -2.55. The van der Waals surface area contributed by atoms with E-state index in [0.29, 0.717) is 13.0 Å². The average Bonchev–Trinajstić information content (AvgIpc) is 2.98. The van der Waals surface area contributed by atoms with Crippen molar-refractivity contribution in [1.29, 1.82) is 0 Å². The van der Waals surface area contributed by atoms with Crippen LogP contribution >= 0.6 is 11.8 Å². The highest BCUT2D eigenvalue weighted by Gasteiger charge is 2.27. The molecular weight excluding hydrogens is 370 g/mol. The number of likely N-dealkylation sites (N-methyl/N-ethyl adjacent to an activating group) is 1. The minimum absolute atomic E-state index is 0.00980. The topological polar surface area (TPSA) is 96.0 Å². The number of hydrogen-bond acceptors (Lipinski definition) is 6. The van der Waals surface area contributed by atoms with Crippen LogP contribution in [0.1, 0.15) is 18.4 Å². The Labute approximate surface area is 162 Å². The number of benzene rings is 1. The fraction of sp³-hybridized carbons (Fsp3) is 0.444. The monoisotopic (exact) mass is 393 g/mol. The zero-order valence-electron chi connectivity index (χ0n) is 15.4. The summed E-state index contributed by atoms with van der Waals surface area (Å²) in [5, 5.41) is 2.41. The Morgan fingerprint density at radius 1 is 1.26 bits per heavy atom. The van der Waals surface area contributed by atoms with Crippen LogP contribution in [0, 0.1) is 0 Å². The first-order chi connectivity index (χ1) is 12.9. The van der Waals surface area contributed by atoms with Gasteiger partial charge in [-0.1, -0.05) is 12.1 Å². The molecule has 1 fully saturated rings. The van der Waals surface area contributed by atoms with E-state index >= 15 is 0 Å². The van der Waals surface area contributed by atoms with E-state index in [1.165, 1.54) is 4.90 Å². The number of carbonyl (C=O) groups excluding carboxylic acids is 4. The molecule has 1 aromatic carbocycles. The van der Waals surface area contributed by atoms with Gasteiger partial charge in [-0.15, -0.1) is 11.8 Å². The van der Waals surface area contributed by atoms with Crippen LogP contribution in [0.5, 0.6) is 0 Å². The highest BCUT2D eigenvalue weighted by molar-refractivity contribution is 7.98. The number of nitrogens with zero attached hydrogens (tertiary/aromatic N) is 2. The Morgan fingerprint density at radius 3 is 2.56 bits per heavy atom. The number of rotatable bonds is 9. The molecule has 0 unspecified atom stereocenters. The lowest BCUT2D eigenvalue weighted by Gasteiger charge is -2.17. The van der Waals surface area contributed by atoms with Gasteiger partial charge in [0.25, 0.3) is 5.91 Å². The third kappa shape index (κ3) is 6.28. The van der Waals surface area contributed by atoms with Crippen LogP contribution < -0.4 is 5.32 Å². The second-order valence-electron chi connectivity index (χ2n) is 6.07. The Kier molecular flexibility index (Phi) is 7.66. The summed E-state index contributed by atoms with van der Waals surface area (Å²) in [6, 6.07) is 7.44.